The summed E-state index contributed by atoms with van der Waals surface area (Å²) in [6.45, 7) is 0. The second-order valence-electron chi connectivity index (χ2n) is 4.12. The van der Waals surface area contributed by atoms with Crippen molar-refractivity contribution in [3.63, 3.8) is 0 Å². The molecule has 0 aliphatic carbocycles. The van der Waals surface area contributed by atoms with Crippen LogP contribution in [-0.4, -0.2) is 19.6 Å². The van der Waals surface area contributed by atoms with Gasteiger partial charge in [-0.15, -0.1) is 0 Å². The van der Waals surface area contributed by atoms with Crippen molar-refractivity contribution in [1.29, 1.82) is 0 Å². The Morgan fingerprint density at radius 1 is 1.29 bits per heavy atom. The van der Waals surface area contributed by atoms with Crippen LogP contribution in [0, 0.1) is 0 Å². The van der Waals surface area contributed by atoms with Crippen LogP contribution in [0.15, 0.2) is 24.4 Å². The summed E-state index contributed by atoms with van der Waals surface area (Å²) < 4.78 is 8.22. The quantitative estimate of drug-likeness (QED) is 0.699. The molecule has 6 nitrogen and oxygen atoms in total. The van der Waals surface area contributed by atoms with Crippen molar-refractivity contribution in [2.75, 3.05) is 11.1 Å². The molecule has 9 heteroatoms. The first kappa shape index (κ1) is 14.0. The molecule has 3 N–H and O–H groups in total. The third kappa shape index (κ3) is 2.63. The van der Waals surface area contributed by atoms with Gasteiger partial charge in [0.05, 0.1) is 39.9 Å². The number of amides is 1. The van der Waals surface area contributed by atoms with Crippen molar-refractivity contribution in [3.8, 4) is 0 Å². The zero-order valence-corrected chi connectivity index (χ0v) is 12.6. The SMILES string of the molecule is Nc1cnc(Cl)c(C(=O)Nc2c(Cl)ccc3nsnc23)c1. The van der Waals surface area contributed by atoms with E-state index in [0.29, 0.717) is 27.4 Å². The van der Waals surface area contributed by atoms with Gasteiger partial charge < -0.3 is 11.1 Å². The molecule has 0 radical (unpaired) electrons. The van der Waals surface area contributed by atoms with E-state index in [4.69, 9.17) is 28.9 Å². The van der Waals surface area contributed by atoms with Gasteiger partial charge in [0.15, 0.2) is 0 Å². The maximum atomic E-state index is 12.3. The fraction of sp³-hybridized carbons (Fsp3) is 0. The lowest BCUT2D eigenvalue weighted by Crippen LogP contribution is -2.14. The zero-order valence-electron chi connectivity index (χ0n) is 10.3. The minimum atomic E-state index is -0.470. The number of hydrogen-bond donors (Lipinski definition) is 2. The molecule has 1 amide bonds. The minimum Gasteiger partial charge on any atom is -0.397 e. The average Bonchev–Trinajstić information content (AvgIpc) is 2.93. The number of nitrogens with zero attached hydrogens (tertiary/aromatic N) is 3. The van der Waals surface area contributed by atoms with Crippen LogP contribution in [0.1, 0.15) is 10.4 Å². The zero-order chi connectivity index (χ0) is 15.0. The number of benzene rings is 1. The number of rotatable bonds is 2. The fourth-order valence-corrected chi connectivity index (χ4v) is 2.68. The van der Waals surface area contributed by atoms with Gasteiger partial charge >= 0.3 is 0 Å². The van der Waals surface area contributed by atoms with E-state index < -0.39 is 5.91 Å². The number of aromatic nitrogens is 3. The van der Waals surface area contributed by atoms with E-state index in [-0.39, 0.29) is 10.7 Å². The second kappa shape index (κ2) is 5.44. The number of pyridine rings is 1. The molecule has 0 unspecified atom stereocenters. The van der Waals surface area contributed by atoms with Gasteiger partial charge in [0.2, 0.25) is 0 Å². The van der Waals surface area contributed by atoms with Crippen molar-refractivity contribution in [2.24, 2.45) is 0 Å². The summed E-state index contributed by atoms with van der Waals surface area (Å²) in [5.41, 5.74) is 7.66. The van der Waals surface area contributed by atoms with Crippen LogP contribution in [0.3, 0.4) is 0 Å². The summed E-state index contributed by atoms with van der Waals surface area (Å²) in [5, 5.41) is 3.09. The Balaban J connectivity index is 2.02. The van der Waals surface area contributed by atoms with Gasteiger partial charge in [0.25, 0.3) is 5.91 Å². The number of hydrogen-bond acceptors (Lipinski definition) is 6. The van der Waals surface area contributed by atoms with Gasteiger partial charge in [-0.05, 0) is 18.2 Å². The lowest BCUT2D eigenvalue weighted by Gasteiger charge is -2.09. The van der Waals surface area contributed by atoms with Crippen molar-refractivity contribution in [1.82, 2.24) is 13.7 Å². The molecule has 3 rings (SSSR count). The van der Waals surface area contributed by atoms with E-state index in [1.165, 1.54) is 12.3 Å². The second-order valence-corrected chi connectivity index (χ2v) is 5.41. The van der Waals surface area contributed by atoms with Crippen LogP contribution in [0.2, 0.25) is 10.2 Å². The average molecular weight is 340 g/mol. The lowest BCUT2D eigenvalue weighted by atomic mass is 10.2. The minimum absolute atomic E-state index is 0.0569. The number of nitrogens with one attached hydrogen (secondary N) is 1. The lowest BCUT2D eigenvalue weighted by molar-refractivity contribution is 0.102. The van der Waals surface area contributed by atoms with Crippen LogP contribution in [-0.2, 0) is 0 Å². The van der Waals surface area contributed by atoms with E-state index in [0.717, 1.165) is 11.7 Å². The number of fused-ring (bicyclic) bond motifs is 1. The van der Waals surface area contributed by atoms with E-state index >= 15 is 0 Å². The highest BCUT2D eigenvalue weighted by Crippen LogP contribution is 2.30. The Hall–Kier alpha value is -1.96. The van der Waals surface area contributed by atoms with Gasteiger partial charge in [0.1, 0.15) is 16.2 Å². The maximum Gasteiger partial charge on any atom is 0.258 e. The van der Waals surface area contributed by atoms with Crippen molar-refractivity contribution in [3.05, 3.63) is 40.1 Å². The normalized spacial score (nSPS) is 10.8. The van der Waals surface area contributed by atoms with Gasteiger partial charge in [-0.3, -0.25) is 4.79 Å². The Kier molecular flexibility index (Phi) is 3.62. The highest BCUT2D eigenvalue weighted by molar-refractivity contribution is 7.00. The molecule has 0 aliphatic rings. The summed E-state index contributed by atoms with van der Waals surface area (Å²) in [6, 6.07) is 4.81. The molecule has 0 bridgehead atoms. The van der Waals surface area contributed by atoms with Crippen LogP contribution >= 0.6 is 34.9 Å². The molecule has 3 aromatic rings. The van der Waals surface area contributed by atoms with Crippen molar-refractivity contribution >= 4 is 63.2 Å². The van der Waals surface area contributed by atoms with Gasteiger partial charge in [-0.25, -0.2) is 4.98 Å². The topological polar surface area (TPSA) is 93.8 Å². The van der Waals surface area contributed by atoms with E-state index in [1.807, 2.05) is 0 Å². The summed E-state index contributed by atoms with van der Waals surface area (Å²) in [6.07, 6.45) is 1.37. The summed E-state index contributed by atoms with van der Waals surface area (Å²) in [4.78, 5) is 16.1. The highest BCUT2D eigenvalue weighted by atomic mass is 35.5. The molecule has 1 aromatic carbocycles. The number of halogens is 2. The Labute approximate surface area is 133 Å². The molecule has 0 fully saturated rings. The first-order chi connectivity index (χ1) is 10.1. The molecule has 106 valence electrons. The van der Waals surface area contributed by atoms with E-state index in [2.05, 4.69) is 19.0 Å². The van der Waals surface area contributed by atoms with Crippen molar-refractivity contribution < 1.29 is 4.79 Å². The monoisotopic (exact) mass is 339 g/mol. The summed E-state index contributed by atoms with van der Waals surface area (Å²) in [7, 11) is 0. The first-order valence-corrected chi connectivity index (χ1v) is 7.18. The van der Waals surface area contributed by atoms with Crippen molar-refractivity contribution in [2.45, 2.75) is 0 Å². The molecule has 0 aliphatic heterocycles. The largest absolute Gasteiger partial charge is 0.397 e. The van der Waals surface area contributed by atoms with Gasteiger partial charge in [-0.2, -0.15) is 8.75 Å². The highest BCUT2D eigenvalue weighted by Gasteiger charge is 2.17. The number of nitrogens with two attached hydrogens (primary N) is 1. The summed E-state index contributed by atoms with van der Waals surface area (Å²) >= 11 is 13.1. The maximum absolute atomic E-state index is 12.3. The predicted octanol–water partition coefficient (Wildman–Crippen LogP) is 3.23. The van der Waals surface area contributed by atoms with Gasteiger partial charge in [-0.1, -0.05) is 23.2 Å². The third-order valence-electron chi connectivity index (χ3n) is 2.72. The molecular weight excluding hydrogens is 333 g/mol. The Morgan fingerprint density at radius 3 is 2.90 bits per heavy atom. The molecule has 0 atom stereocenters. The molecule has 0 saturated heterocycles. The van der Waals surface area contributed by atoms with Crippen LogP contribution in [0.4, 0.5) is 11.4 Å². The molecule has 2 heterocycles. The molecular formula is C12H7Cl2N5OS. The number of carbonyl (C=O) groups excluding carboxylic acids is 1. The Bertz CT molecular complexity index is 851. The van der Waals surface area contributed by atoms with Crippen LogP contribution in [0.5, 0.6) is 0 Å². The Morgan fingerprint density at radius 2 is 2.10 bits per heavy atom. The summed E-state index contributed by atoms with van der Waals surface area (Å²) in [5.74, 6) is -0.470. The third-order valence-corrected chi connectivity index (χ3v) is 3.88. The molecule has 2 aromatic heterocycles. The van der Waals surface area contributed by atoms with Crippen LogP contribution in [0.25, 0.3) is 11.0 Å². The van der Waals surface area contributed by atoms with Crippen LogP contribution < -0.4 is 11.1 Å². The number of anilines is 2. The number of nitrogen functional groups attached to an aromatic ring is 1. The van der Waals surface area contributed by atoms with Gasteiger partial charge in [0, 0.05) is 0 Å². The van der Waals surface area contributed by atoms with E-state index in [9.17, 15) is 4.79 Å². The fourth-order valence-electron chi connectivity index (χ4n) is 1.75. The molecule has 0 spiro atoms. The predicted molar refractivity (Wildman–Crippen MR) is 84.0 cm³/mol. The van der Waals surface area contributed by atoms with E-state index in [1.54, 1.807) is 12.1 Å². The standard InChI is InChI=1S/C12H7Cl2N5OS/c13-7-1-2-8-10(19-21-18-8)9(7)17-12(20)6-3-5(15)4-16-11(6)14/h1-4H,15H2,(H,17,20). The first-order valence-electron chi connectivity index (χ1n) is 5.69. The number of carbonyl (C=O) groups is 1. The molecule has 21 heavy (non-hydrogen) atoms. The smallest absolute Gasteiger partial charge is 0.258 e. The molecule has 0 saturated carbocycles.